The first-order valence-electron chi connectivity index (χ1n) is 5.04. The number of H-pyrrole nitrogens is 1. The molecule has 0 unspecified atom stereocenters. The SMILES string of the molecule is Cc1[nH]c2ccccc2c1-c1coc(N)n1. The van der Waals surface area contributed by atoms with Crippen molar-refractivity contribution >= 4 is 16.9 Å². The summed E-state index contributed by atoms with van der Waals surface area (Å²) >= 11 is 0. The van der Waals surface area contributed by atoms with Gasteiger partial charge < -0.3 is 15.1 Å². The Morgan fingerprint density at radius 3 is 2.88 bits per heavy atom. The summed E-state index contributed by atoms with van der Waals surface area (Å²) < 4.78 is 5.04. The van der Waals surface area contributed by atoms with E-state index in [1.54, 1.807) is 6.26 Å². The number of benzene rings is 1. The topological polar surface area (TPSA) is 67.8 Å². The quantitative estimate of drug-likeness (QED) is 0.653. The van der Waals surface area contributed by atoms with Crippen LogP contribution in [0.3, 0.4) is 0 Å². The van der Waals surface area contributed by atoms with Gasteiger partial charge in [0.2, 0.25) is 0 Å². The number of nitrogens with one attached hydrogen (secondary N) is 1. The van der Waals surface area contributed by atoms with Crippen LogP contribution in [0.1, 0.15) is 5.69 Å². The molecular weight excluding hydrogens is 202 g/mol. The molecule has 3 aromatic rings. The molecule has 4 nitrogen and oxygen atoms in total. The molecule has 0 aliphatic heterocycles. The van der Waals surface area contributed by atoms with Crippen molar-refractivity contribution in [3.63, 3.8) is 0 Å². The van der Waals surface area contributed by atoms with E-state index in [0.717, 1.165) is 27.9 Å². The van der Waals surface area contributed by atoms with Gasteiger partial charge in [-0.15, -0.1) is 0 Å². The van der Waals surface area contributed by atoms with Crippen LogP contribution in [0.5, 0.6) is 0 Å². The van der Waals surface area contributed by atoms with Crippen LogP contribution in [0.25, 0.3) is 22.2 Å². The Bertz CT molecular complexity index is 651. The van der Waals surface area contributed by atoms with Crippen molar-refractivity contribution in [2.75, 3.05) is 5.73 Å². The standard InChI is InChI=1S/C12H11N3O/c1-7-11(10-6-16-12(13)15-10)8-4-2-3-5-9(8)14-7/h2-6,14H,1H3,(H2,13,15). The number of para-hydroxylation sites is 1. The van der Waals surface area contributed by atoms with Crippen LogP contribution in [-0.4, -0.2) is 9.97 Å². The van der Waals surface area contributed by atoms with Gasteiger partial charge in [0.15, 0.2) is 0 Å². The number of hydrogen-bond acceptors (Lipinski definition) is 3. The van der Waals surface area contributed by atoms with Crippen molar-refractivity contribution in [3.05, 3.63) is 36.2 Å². The van der Waals surface area contributed by atoms with Gasteiger partial charge in [0.05, 0.1) is 0 Å². The number of aromatic amines is 1. The molecule has 0 amide bonds. The van der Waals surface area contributed by atoms with Crippen molar-refractivity contribution < 1.29 is 4.42 Å². The molecule has 0 aliphatic rings. The molecule has 0 saturated heterocycles. The predicted molar refractivity (Wildman–Crippen MR) is 62.9 cm³/mol. The molecule has 0 saturated carbocycles. The van der Waals surface area contributed by atoms with Gasteiger partial charge in [0, 0.05) is 22.2 Å². The van der Waals surface area contributed by atoms with Gasteiger partial charge >= 0.3 is 0 Å². The molecule has 2 aromatic heterocycles. The van der Waals surface area contributed by atoms with Gasteiger partial charge in [-0.1, -0.05) is 18.2 Å². The van der Waals surface area contributed by atoms with Gasteiger partial charge in [-0.2, -0.15) is 4.98 Å². The Labute approximate surface area is 92.1 Å². The number of oxazole rings is 1. The fourth-order valence-electron chi connectivity index (χ4n) is 2.01. The maximum atomic E-state index is 5.49. The predicted octanol–water partition coefficient (Wildman–Crippen LogP) is 2.71. The van der Waals surface area contributed by atoms with E-state index >= 15 is 0 Å². The maximum absolute atomic E-state index is 5.49. The van der Waals surface area contributed by atoms with E-state index in [2.05, 4.69) is 16.0 Å². The summed E-state index contributed by atoms with van der Waals surface area (Å²) in [7, 11) is 0. The molecule has 80 valence electrons. The average molecular weight is 213 g/mol. The van der Waals surface area contributed by atoms with Crippen molar-refractivity contribution in [1.82, 2.24) is 9.97 Å². The largest absolute Gasteiger partial charge is 0.432 e. The third-order valence-electron chi connectivity index (χ3n) is 2.67. The summed E-state index contributed by atoms with van der Waals surface area (Å²) in [6, 6.07) is 8.29. The Balaban J connectivity index is 2.34. The van der Waals surface area contributed by atoms with Gasteiger partial charge in [-0.05, 0) is 13.0 Å². The first kappa shape index (κ1) is 9.03. The zero-order chi connectivity index (χ0) is 11.1. The zero-order valence-electron chi connectivity index (χ0n) is 8.82. The monoisotopic (exact) mass is 213 g/mol. The number of nitrogens with two attached hydrogens (primary N) is 1. The van der Waals surface area contributed by atoms with E-state index < -0.39 is 0 Å². The molecule has 0 atom stereocenters. The van der Waals surface area contributed by atoms with E-state index in [1.807, 2.05) is 25.1 Å². The second-order valence-electron chi connectivity index (χ2n) is 3.74. The first-order valence-corrected chi connectivity index (χ1v) is 5.04. The van der Waals surface area contributed by atoms with E-state index in [1.165, 1.54) is 0 Å². The molecular formula is C12H11N3O. The number of nitrogens with zero attached hydrogens (tertiary/aromatic N) is 1. The van der Waals surface area contributed by atoms with Crippen molar-refractivity contribution in [3.8, 4) is 11.3 Å². The van der Waals surface area contributed by atoms with Gasteiger partial charge in [0.1, 0.15) is 12.0 Å². The van der Waals surface area contributed by atoms with Crippen LogP contribution < -0.4 is 5.73 Å². The lowest BCUT2D eigenvalue weighted by molar-refractivity contribution is 0.581. The molecule has 0 radical (unpaired) electrons. The fourth-order valence-corrected chi connectivity index (χ4v) is 2.01. The Morgan fingerprint density at radius 1 is 1.31 bits per heavy atom. The Kier molecular flexibility index (Phi) is 1.77. The van der Waals surface area contributed by atoms with Crippen LogP contribution in [0.15, 0.2) is 34.9 Å². The lowest BCUT2D eigenvalue weighted by atomic mass is 10.1. The summed E-state index contributed by atoms with van der Waals surface area (Å²) in [5, 5.41) is 1.13. The molecule has 0 fully saturated rings. The van der Waals surface area contributed by atoms with Crippen molar-refractivity contribution in [1.29, 1.82) is 0 Å². The lowest BCUT2D eigenvalue weighted by Crippen LogP contribution is -1.84. The molecule has 0 bridgehead atoms. The second kappa shape index (κ2) is 3.13. The van der Waals surface area contributed by atoms with E-state index in [-0.39, 0.29) is 6.01 Å². The lowest BCUT2D eigenvalue weighted by Gasteiger charge is -1.94. The molecule has 2 heterocycles. The highest BCUT2D eigenvalue weighted by Crippen LogP contribution is 2.31. The molecule has 1 aromatic carbocycles. The smallest absolute Gasteiger partial charge is 0.292 e. The second-order valence-corrected chi connectivity index (χ2v) is 3.74. The van der Waals surface area contributed by atoms with Crippen molar-refractivity contribution in [2.24, 2.45) is 0 Å². The summed E-state index contributed by atoms with van der Waals surface area (Å²) in [6.07, 6.45) is 1.58. The van der Waals surface area contributed by atoms with Crippen LogP contribution in [0.2, 0.25) is 0 Å². The number of fused-ring (bicyclic) bond motifs is 1. The van der Waals surface area contributed by atoms with Crippen LogP contribution in [0, 0.1) is 6.92 Å². The Morgan fingerprint density at radius 2 is 2.12 bits per heavy atom. The number of aromatic nitrogens is 2. The molecule has 3 rings (SSSR count). The minimum atomic E-state index is 0.194. The number of hydrogen-bond donors (Lipinski definition) is 2. The minimum Gasteiger partial charge on any atom is -0.432 e. The van der Waals surface area contributed by atoms with E-state index in [4.69, 9.17) is 10.2 Å². The van der Waals surface area contributed by atoms with Crippen molar-refractivity contribution in [2.45, 2.75) is 6.92 Å². The summed E-state index contributed by atoms with van der Waals surface area (Å²) in [5.41, 5.74) is 9.47. The number of nitrogen functional groups attached to an aromatic ring is 1. The third kappa shape index (κ3) is 1.20. The van der Waals surface area contributed by atoms with Crippen LogP contribution in [-0.2, 0) is 0 Å². The summed E-state index contributed by atoms with van der Waals surface area (Å²) in [6.45, 7) is 2.01. The number of anilines is 1. The molecule has 3 N–H and O–H groups in total. The zero-order valence-corrected chi connectivity index (χ0v) is 8.82. The first-order chi connectivity index (χ1) is 7.75. The van der Waals surface area contributed by atoms with E-state index in [9.17, 15) is 0 Å². The number of aryl methyl sites for hydroxylation is 1. The van der Waals surface area contributed by atoms with Gasteiger partial charge in [-0.3, -0.25) is 0 Å². The van der Waals surface area contributed by atoms with Gasteiger partial charge in [-0.25, -0.2) is 0 Å². The third-order valence-corrected chi connectivity index (χ3v) is 2.67. The molecule has 0 spiro atoms. The normalized spacial score (nSPS) is 11.1. The summed E-state index contributed by atoms with van der Waals surface area (Å²) in [4.78, 5) is 7.47. The average Bonchev–Trinajstić information content (AvgIpc) is 2.80. The van der Waals surface area contributed by atoms with Gasteiger partial charge in [0.25, 0.3) is 6.01 Å². The summed E-state index contributed by atoms with van der Waals surface area (Å²) in [5.74, 6) is 0. The molecule has 16 heavy (non-hydrogen) atoms. The van der Waals surface area contributed by atoms with E-state index in [0.29, 0.717) is 0 Å². The fraction of sp³-hybridized carbons (Fsp3) is 0.0833. The maximum Gasteiger partial charge on any atom is 0.292 e. The van der Waals surface area contributed by atoms with Crippen LogP contribution >= 0.6 is 0 Å². The molecule has 0 aliphatic carbocycles. The Hall–Kier alpha value is -2.23. The highest BCUT2D eigenvalue weighted by Gasteiger charge is 2.13. The minimum absolute atomic E-state index is 0.194. The molecule has 4 heteroatoms. The highest BCUT2D eigenvalue weighted by molar-refractivity contribution is 5.96. The number of rotatable bonds is 1. The van der Waals surface area contributed by atoms with Crippen LogP contribution in [0.4, 0.5) is 6.01 Å². The highest BCUT2D eigenvalue weighted by atomic mass is 16.4.